The van der Waals surface area contributed by atoms with Crippen molar-refractivity contribution in [3.05, 3.63) is 94.6 Å². The molecule has 0 aromatic heterocycles. The molecule has 1 aliphatic rings. The molecule has 0 aliphatic carbocycles. The summed E-state index contributed by atoms with van der Waals surface area (Å²) in [5.41, 5.74) is 3.63. The van der Waals surface area contributed by atoms with Crippen LogP contribution in [0.1, 0.15) is 28.3 Å². The summed E-state index contributed by atoms with van der Waals surface area (Å²) in [6.45, 7) is 3.89. The highest BCUT2D eigenvalue weighted by molar-refractivity contribution is 6.51. The van der Waals surface area contributed by atoms with Crippen LogP contribution in [0.25, 0.3) is 5.76 Å². The number of aliphatic hydroxyl groups is 1. The number of benzene rings is 3. The van der Waals surface area contributed by atoms with Gasteiger partial charge in [0.2, 0.25) is 0 Å². The first-order chi connectivity index (χ1) is 15.8. The van der Waals surface area contributed by atoms with Crippen LogP contribution in [-0.4, -0.2) is 31.0 Å². The number of ether oxygens (including phenoxy) is 2. The lowest BCUT2D eigenvalue weighted by atomic mass is 9.94. The van der Waals surface area contributed by atoms with E-state index in [2.05, 4.69) is 0 Å². The smallest absolute Gasteiger partial charge is 0.300 e. The summed E-state index contributed by atoms with van der Waals surface area (Å²) in [6.07, 6.45) is 0. The Labute approximate surface area is 192 Å². The van der Waals surface area contributed by atoms with Crippen molar-refractivity contribution < 1.29 is 24.2 Å². The van der Waals surface area contributed by atoms with Gasteiger partial charge in [0.05, 0.1) is 31.4 Å². The number of ketones is 1. The van der Waals surface area contributed by atoms with Gasteiger partial charge in [-0.3, -0.25) is 14.5 Å². The minimum absolute atomic E-state index is 0.00893. The molecular weight excluding hydrogens is 418 g/mol. The van der Waals surface area contributed by atoms with Gasteiger partial charge in [0.15, 0.2) is 0 Å². The van der Waals surface area contributed by atoms with Crippen molar-refractivity contribution in [2.45, 2.75) is 19.9 Å². The highest BCUT2D eigenvalue weighted by atomic mass is 16.5. The molecule has 0 bridgehead atoms. The lowest BCUT2D eigenvalue weighted by Gasteiger charge is -2.26. The van der Waals surface area contributed by atoms with Crippen molar-refractivity contribution in [3.63, 3.8) is 0 Å². The van der Waals surface area contributed by atoms with E-state index in [0.29, 0.717) is 22.7 Å². The number of Topliss-reactive ketones (excluding diaryl/α,β-unsaturated/α-hetero) is 1. The van der Waals surface area contributed by atoms with Crippen LogP contribution in [0, 0.1) is 13.8 Å². The summed E-state index contributed by atoms with van der Waals surface area (Å²) in [5, 5.41) is 11.4. The molecule has 3 aromatic rings. The molecule has 6 nitrogen and oxygen atoms in total. The maximum Gasteiger partial charge on any atom is 0.300 e. The molecule has 1 atom stereocenters. The van der Waals surface area contributed by atoms with Gasteiger partial charge in [-0.25, -0.2) is 0 Å². The third kappa shape index (κ3) is 3.96. The van der Waals surface area contributed by atoms with Crippen molar-refractivity contribution in [1.82, 2.24) is 0 Å². The summed E-state index contributed by atoms with van der Waals surface area (Å²) < 4.78 is 10.7. The molecule has 168 valence electrons. The van der Waals surface area contributed by atoms with Gasteiger partial charge in [0, 0.05) is 11.8 Å². The second kappa shape index (κ2) is 8.82. The Hall–Kier alpha value is -4.06. The summed E-state index contributed by atoms with van der Waals surface area (Å²) >= 11 is 0. The monoisotopic (exact) mass is 443 g/mol. The molecule has 1 saturated heterocycles. The Balaban J connectivity index is 1.97. The van der Waals surface area contributed by atoms with Crippen molar-refractivity contribution >= 4 is 23.1 Å². The van der Waals surface area contributed by atoms with Gasteiger partial charge in [-0.05, 0) is 43.7 Å². The van der Waals surface area contributed by atoms with Crippen LogP contribution < -0.4 is 14.4 Å². The summed E-state index contributed by atoms with van der Waals surface area (Å²) in [7, 11) is 2.99. The number of carbonyl (C=O) groups is 2. The number of aliphatic hydroxyl groups excluding tert-OH is 1. The van der Waals surface area contributed by atoms with Crippen LogP contribution in [0.2, 0.25) is 0 Å². The van der Waals surface area contributed by atoms with E-state index in [1.165, 1.54) is 19.1 Å². The molecule has 6 heteroatoms. The third-order valence-corrected chi connectivity index (χ3v) is 5.78. The summed E-state index contributed by atoms with van der Waals surface area (Å²) in [6, 6.07) is 19.0. The molecule has 0 saturated carbocycles. The number of carbonyl (C=O) groups excluding carboxylic acids is 2. The minimum atomic E-state index is -0.792. The number of rotatable bonds is 5. The molecule has 0 spiro atoms. The average molecular weight is 443 g/mol. The van der Waals surface area contributed by atoms with Gasteiger partial charge in [-0.15, -0.1) is 0 Å². The Morgan fingerprint density at radius 1 is 0.879 bits per heavy atom. The fourth-order valence-corrected chi connectivity index (χ4v) is 4.10. The van der Waals surface area contributed by atoms with Crippen LogP contribution >= 0.6 is 0 Å². The Kier molecular flexibility index (Phi) is 5.92. The van der Waals surface area contributed by atoms with Crippen LogP contribution in [-0.2, 0) is 9.59 Å². The lowest BCUT2D eigenvalue weighted by molar-refractivity contribution is -0.132. The zero-order chi connectivity index (χ0) is 23.7. The van der Waals surface area contributed by atoms with Gasteiger partial charge in [-0.2, -0.15) is 0 Å². The van der Waals surface area contributed by atoms with E-state index in [9.17, 15) is 14.7 Å². The average Bonchev–Trinajstić information content (AvgIpc) is 3.09. The number of hydrogen-bond acceptors (Lipinski definition) is 5. The standard InChI is InChI=1S/C27H25NO5/c1-16-8-10-19(11-9-16)28-24(18-7-5-6-17(2)14-18)23(26(30)27(28)31)25(29)21-13-12-20(32-3)15-22(21)33-4/h5-15,24,29H,1-4H3/b25-23-. The highest BCUT2D eigenvalue weighted by Crippen LogP contribution is 2.43. The highest BCUT2D eigenvalue weighted by Gasteiger charge is 2.47. The van der Waals surface area contributed by atoms with E-state index in [0.717, 1.165) is 16.7 Å². The van der Waals surface area contributed by atoms with Gasteiger partial charge in [0.25, 0.3) is 11.7 Å². The van der Waals surface area contributed by atoms with Crippen molar-refractivity contribution in [3.8, 4) is 11.5 Å². The van der Waals surface area contributed by atoms with E-state index in [1.807, 2.05) is 50.2 Å². The normalized spacial score (nSPS) is 17.3. The van der Waals surface area contributed by atoms with Crippen molar-refractivity contribution in [1.29, 1.82) is 0 Å². The second-order valence-electron chi connectivity index (χ2n) is 7.98. The van der Waals surface area contributed by atoms with Gasteiger partial charge in [0.1, 0.15) is 17.3 Å². The zero-order valence-electron chi connectivity index (χ0n) is 19.0. The number of anilines is 1. The van der Waals surface area contributed by atoms with E-state index in [4.69, 9.17) is 9.47 Å². The first kappa shape index (κ1) is 22.1. The minimum Gasteiger partial charge on any atom is -0.507 e. The predicted octanol–water partition coefficient (Wildman–Crippen LogP) is 4.95. The lowest BCUT2D eigenvalue weighted by Crippen LogP contribution is -2.29. The van der Waals surface area contributed by atoms with E-state index >= 15 is 0 Å². The number of hydrogen-bond donors (Lipinski definition) is 1. The number of amides is 1. The summed E-state index contributed by atoms with van der Waals surface area (Å²) in [5.74, 6) is -0.874. The van der Waals surface area contributed by atoms with Crippen LogP contribution in [0.3, 0.4) is 0 Å². The fraction of sp³-hybridized carbons (Fsp3) is 0.185. The summed E-state index contributed by atoms with van der Waals surface area (Å²) in [4.78, 5) is 28.0. The van der Waals surface area contributed by atoms with Crippen molar-refractivity contribution in [2.75, 3.05) is 19.1 Å². The van der Waals surface area contributed by atoms with Crippen LogP contribution in [0.5, 0.6) is 11.5 Å². The Bertz CT molecular complexity index is 1260. The van der Waals surface area contributed by atoms with Gasteiger partial charge in [-0.1, -0.05) is 47.5 Å². The molecule has 4 rings (SSSR count). The first-order valence-electron chi connectivity index (χ1n) is 10.5. The van der Waals surface area contributed by atoms with E-state index in [-0.39, 0.29) is 11.3 Å². The SMILES string of the molecule is COc1ccc(/C(O)=C2/C(=O)C(=O)N(c3ccc(C)cc3)C2c2cccc(C)c2)c(OC)c1. The van der Waals surface area contributed by atoms with E-state index in [1.54, 1.807) is 30.3 Å². The third-order valence-electron chi connectivity index (χ3n) is 5.78. The number of methoxy groups -OCH3 is 2. The topological polar surface area (TPSA) is 76.1 Å². The molecule has 0 radical (unpaired) electrons. The maximum atomic E-state index is 13.3. The Morgan fingerprint density at radius 2 is 1.61 bits per heavy atom. The zero-order valence-corrected chi connectivity index (χ0v) is 19.0. The quantitative estimate of drug-likeness (QED) is 0.343. The molecule has 33 heavy (non-hydrogen) atoms. The maximum absolute atomic E-state index is 13.3. The molecule has 1 heterocycles. The molecule has 1 fully saturated rings. The number of nitrogens with zero attached hydrogens (tertiary/aromatic N) is 1. The predicted molar refractivity (Wildman–Crippen MR) is 127 cm³/mol. The van der Waals surface area contributed by atoms with Gasteiger partial charge < -0.3 is 14.6 Å². The second-order valence-corrected chi connectivity index (χ2v) is 7.98. The largest absolute Gasteiger partial charge is 0.507 e. The van der Waals surface area contributed by atoms with Gasteiger partial charge >= 0.3 is 0 Å². The van der Waals surface area contributed by atoms with E-state index < -0.39 is 17.7 Å². The fourth-order valence-electron chi connectivity index (χ4n) is 4.10. The van der Waals surface area contributed by atoms with Crippen molar-refractivity contribution in [2.24, 2.45) is 0 Å². The molecule has 1 amide bonds. The Morgan fingerprint density at radius 3 is 2.24 bits per heavy atom. The van der Waals surface area contributed by atoms with Crippen LogP contribution in [0.15, 0.2) is 72.3 Å². The first-order valence-corrected chi connectivity index (χ1v) is 10.5. The molecule has 1 N–H and O–H groups in total. The molecule has 1 unspecified atom stereocenters. The number of aryl methyl sites for hydroxylation is 2. The molecular formula is C27H25NO5. The molecule has 3 aromatic carbocycles. The van der Waals surface area contributed by atoms with Crippen LogP contribution in [0.4, 0.5) is 5.69 Å². The molecule has 1 aliphatic heterocycles.